The summed E-state index contributed by atoms with van der Waals surface area (Å²) in [5.41, 5.74) is 5.57. The van der Waals surface area contributed by atoms with Crippen molar-refractivity contribution in [2.45, 2.75) is 39.3 Å². The van der Waals surface area contributed by atoms with Gasteiger partial charge in [-0.3, -0.25) is 20.9 Å². The zero-order valence-electron chi connectivity index (χ0n) is 12.1. The fourth-order valence-electron chi connectivity index (χ4n) is 2.33. The minimum Gasteiger partial charge on any atom is -0.271 e. The smallest absolute Gasteiger partial charge is 0.0850 e. The van der Waals surface area contributed by atoms with Gasteiger partial charge in [-0.05, 0) is 25.0 Å². The van der Waals surface area contributed by atoms with Crippen LogP contribution in [0.5, 0.6) is 0 Å². The third-order valence-corrected chi connectivity index (χ3v) is 4.22. The van der Waals surface area contributed by atoms with Crippen LogP contribution in [-0.2, 0) is 19.4 Å². The van der Waals surface area contributed by atoms with Crippen LogP contribution in [0.15, 0.2) is 18.5 Å². The molecule has 0 bridgehead atoms. The summed E-state index contributed by atoms with van der Waals surface area (Å²) >= 11 is 12.6. The fraction of sp³-hybridized carbons (Fsp3) is 0.429. The summed E-state index contributed by atoms with van der Waals surface area (Å²) in [5.74, 6) is 5.70. The molecular formula is C14H19Cl2N5. The maximum atomic E-state index is 6.44. The molecule has 7 heteroatoms. The van der Waals surface area contributed by atoms with Crippen LogP contribution in [0.1, 0.15) is 36.8 Å². The molecule has 0 radical (unpaired) electrons. The van der Waals surface area contributed by atoms with Crippen molar-refractivity contribution < 1.29 is 0 Å². The second-order valence-electron chi connectivity index (χ2n) is 4.70. The molecule has 114 valence electrons. The zero-order valence-corrected chi connectivity index (χ0v) is 13.6. The molecule has 21 heavy (non-hydrogen) atoms. The van der Waals surface area contributed by atoms with E-state index >= 15 is 0 Å². The van der Waals surface area contributed by atoms with Crippen LogP contribution in [0.3, 0.4) is 0 Å². The first kappa shape index (κ1) is 16.2. The Morgan fingerprint density at radius 1 is 1.38 bits per heavy atom. The molecule has 0 saturated carbocycles. The number of pyridine rings is 1. The normalized spacial score (nSPS) is 12.6. The Hall–Kier alpha value is -1.14. The first-order valence-corrected chi connectivity index (χ1v) is 7.67. The van der Waals surface area contributed by atoms with E-state index in [9.17, 15) is 0 Å². The highest BCUT2D eigenvalue weighted by Crippen LogP contribution is 2.29. The van der Waals surface area contributed by atoms with Gasteiger partial charge in [0.2, 0.25) is 0 Å². The van der Waals surface area contributed by atoms with E-state index in [-0.39, 0.29) is 6.04 Å². The van der Waals surface area contributed by atoms with Gasteiger partial charge in [0, 0.05) is 25.4 Å². The van der Waals surface area contributed by atoms with Gasteiger partial charge in [-0.2, -0.15) is 5.10 Å². The van der Waals surface area contributed by atoms with E-state index in [1.165, 1.54) is 0 Å². The molecule has 3 N–H and O–H groups in total. The molecule has 1 atom stereocenters. The van der Waals surface area contributed by atoms with Crippen LogP contribution in [0, 0.1) is 0 Å². The minimum absolute atomic E-state index is 0.148. The van der Waals surface area contributed by atoms with Gasteiger partial charge in [-0.1, -0.05) is 30.1 Å². The third kappa shape index (κ3) is 3.37. The number of rotatable bonds is 6. The van der Waals surface area contributed by atoms with Gasteiger partial charge in [0.25, 0.3) is 0 Å². The summed E-state index contributed by atoms with van der Waals surface area (Å²) in [6.07, 6.45) is 4.72. The lowest BCUT2D eigenvalue weighted by molar-refractivity contribution is 0.516. The molecule has 0 aliphatic rings. The Kier molecular flexibility index (Phi) is 5.58. The lowest BCUT2D eigenvalue weighted by atomic mass is 10.0. The van der Waals surface area contributed by atoms with Crippen LogP contribution >= 0.6 is 23.2 Å². The van der Waals surface area contributed by atoms with Gasteiger partial charge in [-0.15, -0.1) is 0 Å². The van der Waals surface area contributed by atoms with E-state index < -0.39 is 0 Å². The van der Waals surface area contributed by atoms with Gasteiger partial charge in [-0.25, -0.2) is 0 Å². The Balaban J connectivity index is 2.35. The Labute approximate surface area is 134 Å². The predicted octanol–water partition coefficient (Wildman–Crippen LogP) is 2.91. The number of aromatic nitrogens is 3. The Morgan fingerprint density at radius 3 is 2.71 bits per heavy atom. The summed E-state index contributed by atoms with van der Waals surface area (Å²) in [5, 5.41) is 5.81. The van der Waals surface area contributed by atoms with Crippen LogP contribution < -0.4 is 11.3 Å². The number of hydrogen-bond donors (Lipinski definition) is 2. The Bertz CT molecular complexity index is 611. The van der Waals surface area contributed by atoms with Gasteiger partial charge in [0.05, 0.1) is 27.5 Å². The molecule has 1 unspecified atom stereocenters. The quantitative estimate of drug-likeness (QED) is 0.632. The molecule has 0 amide bonds. The van der Waals surface area contributed by atoms with Crippen molar-refractivity contribution in [3.05, 3.63) is 45.5 Å². The van der Waals surface area contributed by atoms with Gasteiger partial charge in [0.15, 0.2) is 0 Å². The van der Waals surface area contributed by atoms with Crippen molar-refractivity contribution in [2.24, 2.45) is 5.84 Å². The number of hydrazine groups is 1. The summed E-state index contributed by atoms with van der Waals surface area (Å²) in [7, 11) is 0. The molecule has 0 fully saturated rings. The largest absolute Gasteiger partial charge is 0.271 e. The lowest BCUT2D eigenvalue weighted by Gasteiger charge is -2.18. The second kappa shape index (κ2) is 7.22. The molecule has 2 aromatic heterocycles. The summed E-state index contributed by atoms with van der Waals surface area (Å²) < 4.78 is 1.92. The van der Waals surface area contributed by atoms with E-state index in [0.717, 1.165) is 29.9 Å². The minimum atomic E-state index is -0.148. The molecule has 2 rings (SSSR count). The zero-order chi connectivity index (χ0) is 15.4. The fourth-order valence-corrected chi connectivity index (χ4v) is 2.93. The first-order chi connectivity index (χ1) is 10.1. The maximum Gasteiger partial charge on any atom is 0.0850 e. The highest BCUT2D eigenvalue weighted by atomic mass is 35.5. The molecule has 0 spiro atoms. The van der Waals surface area contributed by atoms with E-state index in [1.54, 1.807) is 12.4 Å². The van der Waals surface area contributed by atoms with E-state index in [2.05, 4.69) is 15.5 Å². The third-order valence-electron chi connectivity index (χ3n) is 3.47. The summed E-state index contributed by atoms with van der Waals surface area (Å²) in [6, 6.07) is 1.71. The number of hydrogen-bond acceptors (Lipinski definition) is 4. The monoisotopic (exact) mass is 327 g/mol. The lowest BCUT2D eigenvalue weighted by Crippen LogP contribution is -2.30. The highest BCUT2D eigenvalue weighted by molar-refractivity contribution is 6.32. The average molecular weight is 328 g/mol. The van der Waals surface area contributed by atoms with Crippen molar-refractivity contribution in [3.63, 3.8) is 0 Å². The molecule has 0 aliphatic carbocycles. The molecule has 0 aliphatic heterocycles. The molecule has 2 heterocycles. The van der Waals surface area contributed by atoms with Crippen molar-refractivity contribution in [1.82, 2.24) is 20.2 Å². The predicted molar refractivity (Wildman–Crippen MR) is 85.3 cm³/mol. The van der Waals surface area contributed by atoms with Gasteiger partial charge in [0.1, 0.15) is 0 Å². The standard InChI is InChI=1S/C14H19Cl2N5/c1-3-11-14(16)13(21(4-2)20-11)7-12(19-17)9-5-6-18-8-10(9)15/h5-6,8,12,19H,3-4,7,17H2,1-2H3. The number of nitrogens with zero attached hydrogens (tertiary/aromatic N) is 3. The average Bonchev–Trinajstić information content (AvgIpc) is 2.81. The Morgan fingerprint density at radius 2 is 2.14 bits per heavy atom. The second-order valence-corrected chi connectivity index (χ2v) is 5.48. The summed E-state index contributed by atoms with van der Waals surface area (Å²) in [4.78, 5) is 3.99. The van der Waals surface area contributed by atoms with E-state index in [1.807, 2.05) is 24.6 Å². The molecule has 0 aromatic carbocycles. The van der Waals surface area contributed by atoms with E-state index in [0.29, 0.717) is 16.5 Å². The highest BCUT2D eigenvalue weighted by Gasteiger charge is 2.20. The maximum absolute atomic E-state index is 6.44. The van der Waals surface area contributed by atoms with Crippen molar-refractivity contribution >= 4 is 23.2 Å². The van der Waals surface area contributed by atoms with Crippen LogP contribution in [0.4, 0.5) is 0 Å². The number of halogens is 2. The van der Waals surface area contributed by atoms with E-state index in [4.69, 9.17) is 29.0 Å². The molecule has 5 nitrogen and oxygen atoms in total. The van der Waals surface area contributed by atoms with Crippen LogP contribution in [0.25, 0.3) is 0 Å². The molecular weight excluding hydrogens is 309 g/mol. The van der Waals surface area contributed by atoms with Crippen LogP contribution in [0.2, 0.25) is 10.0 Å². The molecule has 0 saturated heterocycles. The van der Waals surface area contributed by atoms with Crippen molar-refractivity contribution in [3.8, 4) is 0 Å². The van der Waals surface area contributed by atoms with Crippen molar-refractivity contribution in [2.75, 3.05) is 0 Å². The van der Waals surface area contributed by atoms with Gasteiger partial charge >= 0.3 is 0 Å². The summed E-state index contributed by atoms with van der Waals surface area (Å²) in [6.45, 7) is 4.84. The number of nitrogens with one attached hydrogen (secondary N) is 1. The SMILES string of the molecule is CCc1nn(CC)c(CC(NN)c2ccncc2Cl)c1Cl. The number of nitrogens with two attached hydrogens (primary N) is 1. The van der Waals surface area contributed by atoms with Crippen LogP contribution in [-0.4, -0.2) is 14.8 Å². The van der Waals surface area contributed by atoms with Crippen molar-refractivity contribution in [1.29, 1.82) is 0 Å². The first-order valence-electron chi connectivity index (χ1n) is 6.91. The topological polar surface area (TPSA) is 68.8 Å². The molecule has 2 aromatic rings. The number of aryl methyl sites for hydroxylation is 2. The van der Waals surface area contributed by atoms with Gasteiger partial charge < -0.3 is 0 Å².